The van der Waals surface area contributed by atoms with Crippen LogP contribution in [0.4, 0.5) is 0 Å². The van der Waals surface area contributed by atoms with Crippen LogP contribution in [0, 0.1) is 17.8 Å². The monoisotopic (exact) mass is 287 g/mol. The maximum Gasteiger partial charge on any atom is 0.122 e. The van der Waals surface area contributed by atoms with Gasteiger partial charge in [0.1, 0.15) is 5.76 Å². The van der Waals surface area contributed by atoms with Gasteiger partial charge < -0.3 is 9.52 Å². The van der Waals surface area contributed by atoms with Crippen molar-refractivity contribution in [1.29, 1.82) is 0 Å². The SMILES string of the molecule is C[C@@H](O)[C@@H]1[C@H](c2ccco2)N1C12CC3CC(CC(C3)C1)C2. The average Bonchev–Trinajstić information content (AvgIpc) is 2.96. The maximum atomic E-state index is 10.3. The largest absolute Gasteiger partial charge is 0.468 e. The van der Waals surface area contributed by atoms with Crippen LogP contribution in [0.5, 0.6) is 0 Å². The molecule has 0 aromatic carbocycles. The molecule has 1 unspecified atom stereocenters. The number of hydrogen-bond donors (Lipinski definition) is 1. The van der Waals surface area contributed by atoms with E-state index < -0.39 is 0 Å². The van der Waals surface area contributed by atoms with Crippen LogP contribution in [0.25, 0.3) is 0 Å². The first-order chi connectivity index (χ1) is 10.2. The van der Waals surface area contributed by atoms with Gasteiger partial charge in [0.15, 0.2) is 0 Å². The molecule has 2 heterocycles. The van der Waals surface area contributed by atoms with Crippen molar-refractivity contribution in [2.24, 2.45) is 17.8 Å². The standard InChI is InChI=1S/C18H25NO2/c1-11(20)16-17(15-3-2-4-21-15)19(16)18-8-12-5-13(9-18)7-14(6-12)10-18/h2-4,11-14,16-17,20H,5-10H2,1H3/t11-,12?,13?,14?,16-,17+,18?,19?/m1/s1. The van der Waals surface area contributed by atoms with E-state index in [0.717, 1.165) is 23.5 Å². The second-order valence-corrected chi connectivity index (χ2v) is 8.24. The van der Waals surface area contributed by atoms with E-state index in [1.54, 1.807) is 6.26 Å². The summed E-state index contributed by atoms with van der Waals surface area (Å²) in [6.07, 6.45) is 9.99. The number of aliphatic hydroxyl groups is 1. The van der Waals surface area contributed by atoms with Gasteiger partial charge in [-0.25, -0.2) is 0 Å². The first-order valence-electron chi connectivity index (χ1n) is 8.66. The zero-order chi connectivity index (χ0) is 14.2. The summed E-state index contributed by atoms with van der Waals surface area (Å²) in [5.41, 5.74) is 0.369. The van der Waals surface area contributed by atoms with E-state index in [9.17, 15) is 5.11 Å². The van der Waals surface area contributed by atoms with E-state index in [2.05, 4.69) is 11.0 Å². The molecule has 0 radical (unpaired) electrons. The van der Waals surface area contributed by atoms with Gasteiger partial charge in [-0.2, -0.15) is 0 Å². The van der Waals surface area contributed by atoms with Crippen molar-refractivity contribution in [3.8, 4) is 0 Å². The Morgan fingerprint density at radius 2 is 1.81 bits per heavy atom. The lowest BCUT2D eigenvalue weighted by molar-refractivity contribution is -0.0614. The van der Waals surface area contributed by atoms with Crippen molar-refractivity contribution in [2.45, 2.75) is 69.2 Å². The summed E-state index contributed by atoms with van der Waals surface area (Å²) in [4.78, 5) is 2.64. The van der Waals surface area contributed by atoms with Crippen LogP contribution in [0.2, 0.25) is 0 Å². The predicted octanol–water partition coefficient (Wildman–Crippen LogP) is 3.35. The molecule has 1 aliphatic heterocycles. The molecular weight excluding hydrogens is 262 g/mol. The average molecular weight is 287 g/mol. The van der Waals surface area contributed by atoms with Gasteiger partial charge in [0.05, 0.1) is 24.5 Å². The molecule has 21 heavy (non-hydrogen) atoms. The zero-order valence-corrected chi connectivity index (χ0v) is 12.7. The Hall–Kier alpha value is -0.800. The summed E-state index contributed by atoms with van der Waals surface area (Å²) in [5.74, 6) is 3.90. The normalized spacial score (nSPS) is 52.1. The number of nitrogens with zero attached hydrogens (tertiary/aromatic N) is 1. The minimum atomic E-state index is -0.270. The Bertz CT molecular complexity index is 500. The van der Waals surface area contributed by atoms with E-state index in [1.807, 2.05) is 13.0 Å². The third-order valence-corrected chi connectivity index (χ3v) is 6.74. The highest BCUT2D eigenvalue weighted by atomic mass is 16.3. The van der Waals surface area contributed by atoms with Crippen LogP contribution >= 0.6 is 0 Å². The molecule has 3 heteroatoms. The molecule has 0 spiro atoms. The smallest absolute Gasteiger partial charge is 0.122 e. The Morgan fingerprint density at radius 3 is 2.29 bits per heavy atom. The highest BCUT2D eigenvalue weighted by Gasteiger charge is 2.65. The molecule has 1 N–H and O–H groups in total. The van der Waals surface area contributed by atoms with E-state index in [0.29, 0.717) is 11.6 Å². The van der Waals surface area contributed by atoms with Gasteiger partial charge in [0.25, 0.3) is 0 Å². The molecule has 4 aliphatic carbocycles. The highest BCUT2D eigenvalue weighted by molar-refractivity contribution is 5.25. The lowest BCUT2D eigenvalue weighted by Crippen LogP contribution is -2.55. The van der Waals surface area contributed by atoms with Crippen molar-refractivity contribution in [1.82, 2.24) is 4.90 Å². The quantitative estimate of drug-likeness (QED) is 0.866. The second kappa shape index (κ2) is 4.14. The van der Waals surface area contributed by atoms with Crippen LogP contribution in [0.15, 0.2) is 22.8 Å². The fraction of sp³-hybridized carbons (Fsp3) is 0.778. The first-order valence-corrected chi connectivity index (χ1v) is 8.66. The number of furan rings is 1. The van der Waals surface area contributed by atoms with Crippen molar-refractivity contribution in [2.75, 3.05) is 0 Å². The van der Waals surface area contributed by atoms with Crippen molar-refractivity contribution < 1.29 is 9.52 Å². The Balaban J connectivity index is 1.49. The lowest BCUT2D eigenvalue weighted by atomic mass is 9.53. The van der Waals surface area contributed by atoms with E-state index in [4.69, 9.17) is 4.42 Å². The van der Waals surface area contributed by atoms with E-state index in [1.165, 1.54) is 38.5 Å². The molecule has 6 rings (SSSR count). The third kappa shape index (κ3) is 1.74. The molecule has 4 bridgehead atoms. The lowest BCUT2D eigenvalue weighted by Gasteiger charge is -2.58. The van der Waals surface area contributed by atoms with Gasteiger partial charge >= 0.3 is 0 Å². The Kier molecular flexibility index (Phi) is 2.51. The fourth-order valence-corrected chi connectivity index (χ4v) is 6.50. The number of rotatable bonds is 3. The van der Waals surface area contributed by atoms with Gasteiger partial charge in [-0.3, -0.25) is 4.90 Å². The molecule has 1 saturated heterocycles. The number of hydrogen-bond acceptors (Lipinski definition) is 3. The molecule has 4 atom stereocenters. The van der Waals surface area contributed by atoms with E-state index in [-0.39, 0.29) is 12.1 Å². The molecule has 1 aromatic rings. The van der Waals surface area contributed by atoms with E-state index >= 15 is 0 Å². The molecule has 4 saturated carbocycles. The predicted molar refractivity (Wildman–Crippen MR) is 79.7 cm³/mol. The summed E-state index contributed by atoms with van der Waals surface area (Å²) in [7, 11) is 0. The van der Waals surface area contributed by atoms with Crippen LogP contribution in [-0.4, -0.2) is 27.7 Å². The minimum Gasteiger partial charge on any atom is -0.468 e. The topological polar surface area (TPSA) is 36.4 Å². The fourth-order valence-electron chi connectivity index (χ4n) is 6.50. The molecule has 3 nitrogen and oxygen atoms in total. The van der Waals surface area contributed by atoms with Crippen LogP contribution in [0.3, 0.4) is 0 Å². The summed E-state index contributed by atoms with van der Waals surface area (Å²) in [6.45, 7) is 1.95. The molecule has 5 aliphatic rings. The molecular formula is C18H25NO2. The summed E-state index contributed by atoms with van der Waals surface area (Å²) in [6, 6.07) is 4.65. The van der Waals surface area contributed by atoms with Gasteiger partial charge in [0.2, 0.25) is 0 Å². The van der Waals surface area contributed by atoms with Crippen LogP contribution < -0.4 is 0 Å². The first kappa shape index (κ1) is 12.7. The van der Waals surface area contributed by atoms with Crippen LogP contribution in [-0.2, 0) is 0 Å². The minimum absolute atomic E-state index is 0.270. The maximum absolute atomic E-state index is 10.3. The molecule has 5 fully saturated rings. The summed E-state index contributed by atoms with van der Waals surface area (Å²) < 4.78 is 5.68. The van der Waals surface area contributed by atoms with Crippen molar-refractivity contribution >= 4 is 0 Å². The van der Waals surface area contributed by atoms with Crippen molar-refractivity contribution in [3.05, 3.63) is 24.2 Å². The van der Waals surface area contributed by atoms with Gasteiger partial charge in [0, 0.05) is 5.54 Å². The Morgan fingerprint density at radius 1 is 1.19 bits per heavy atom. The number of aliphatic hydroxyl groups excluding tert-OH is 1. The second-order valence-electron chi connectivity index (χ2n) is 8.24. The zero-order valence-electron chi connectivity index (χ0n) is 12.7. The summed E-state index contributed by atoms with van der Waals surface area (Å²) in [5, 5.41) is 10.3. The van der Waals surface area contributed by atoms with Crippen molar-refractivity contribution in [3.63, 3.8) is 0 Å². The van der Waals surface area contributed by atoms with Gasteiger partial charge in [-0.15, -0.1) is 0 Å². The van der Waals surface area contributed by atoms with Crippen LogP contribution in [0.1, 0.15) is 57.3 Å². The highest BCUT2D eigenvalue weighted by Crippen LogP contribution is 2.64. The van der Waals surface area contributed by atoms with Gasteiger partial charge in [-0.1, -0.05) is 0 Å². The molecule has 0 amide bonds. The molecule has 114 valence electrons. The Labute approximate surface area is 126 Å². The van der Waals surface area contributed by atoms with Gasteiger partial charge in [-0.05, 0) is 75.3 Å². The molecule has 1 aromatic heterocycles. The third-order valence-electron chi connectivity index (χ3n) is 6.74. The summed E-state index contributed by atoms with van der Waals surface area (Å²) >= 11 is 0.